The van der Waals surface area contributed by atoms with Crippen LogP contribution in [-0.2, 0) is 120 Å². The number of likely N-dealkylation sites (N-methyl/N-ethyl adjacent to an activating group) is 4. The number of fused-ring (bicyclic) bond motifs is 2. The monoisotopic (exact) mass is 1810 g/mol. The van der Waals surface area contributed by atoms with Gasteiger partial charge in [-0.1, -0.05) is 167 Å². The number of aromatic hydroxyl groups is 2. The van der Waals surface area contributed by atoms with Crippen LogP contribution >= 0.6 is 11.8 Å². The molecule has 0 aliphatic carbocycles. The summed E-state index contributed by atoms with van der Waals surface area (Å²) < 4.78 is 5.05. The second-order valence-corrected chi connectivity index (χ2v) is 34.1. The Morgan fingerprint density at radius 2 is 1.01 bits per heavy atom. The fourth-order valence-electron chi connectivity index (χ4n) is 15.6. The molecule has 3 heterocycles. The average molecular weight is 1810 g/mol. The van der Waals surface area contributed by atoms with Crippen LogP contribution in [0.3, 0.4) is 0 Å². The molecule has 13 atom stereocenters. The molecule has 2 saturated heterocycles. The molecule has 2 aliphatic heterocycles. The number of nitrogens with one attached hydrogen (secondary N) is 10. The number of aromatic amines is 1. The number of H-pyrrole nitrogens is 1. The van der Waals surface area contributed by atoms with E-state index in [2.05, 4.69) is 52.8 Å². The summed E-state index contributed by atoms with van der Waals surface area (Å²) in [6.45, 7) is 3.85. The van der Waals surface area contributed by atoms with E-state index in [9.17, 15) is 58.5 Å². The van der Waals surface area contributed by atoms with Crippen molar-refractivity contribution in [3.05, 3.63) is 203 Å². The molecule has 0 spiro atoms. The number of para-hydroxylation sites is 1. The summed E-state index contributed by atoms with van der Waals surface area (Å²) in [7, 11) is 5.25. The van der Waals surface area contributed by atoms with Crippen LogP contribution in [0.15, 0.2) is 170 Å². The summed E-state index contributed by atoms with van der Waals surface area (Å²) in [4.78, 5) is 244. The van der Waals surface area contributed by atoms with Crippen molar-refractivity contribution in [1.82, 2.24) is 77.3 Å². The summed E-state index contributed by atoms with van der Waals surface area (Å²) in [5.41, 5.74) is 9.10. The van der Waals surface area contributed by atoms with Crippen LogP contribution in [0.5, 0.6) is 11.5 Å². The van der Waals surface area contributed by atoms with E-state index in [4.69, 9.17) is 10.5 Å². The van der Waals surface area contributed by atoms with Gasteiger partial charge in [-0.25, -0.2) is 0 Å². The fraction of sp³-hybridized carbons (Fsp3) is 0.419. The van der Waals surface area contributed by atoms with Crippen molar-refractivity contribution in [2.45, 2.75) is 177 Å². The minimum Gasteiger partial charge on any atom is -0.508 e. The molecule has 36 nitrogen and oxygen atoms in total. The minimum atomic E-state index is -1.80. The standard InChI is InChI=1S/C93H116N16O20S/c1-9-10-30-75-93(128)109-49-65(113)46-77(109)88(123)103-73(51-129-54-110)86(121)97-56(4)89(124)107(7)76(43-58-24-16-12-17-25-58)87(122)102-71(42-61-33-37-64(112)38-34-61)90(125)105(5)50-80(115)98-70(45-62-47-95-67-29-21-20-28-66(62)67)85(120)101-69(40-60-31-35-63(111)36-32-60)84(119)100-68(39-55(2)3)83(118)104-74(82(117)96-48-79(94)114)52-130-53-81(116)99-72(41-57-22-14-11-15-23-57)91(126)108(8)78(92(127)106(75)6)44-59-26-18-13-19-27-59/h11-29,31-38,47,54-56,65,68-78,95,111-113H,9-10,30,39-46,48-53H2,1-8H3,(H2,94,114)(H,96,117)(H,97,121)(H,98,115)(H,99,116)(H,100,119)(H,101,120)(H,102,122)(H,103,123)(H,104,118)/t56-,65-,68-,69-,70-,71-,72-,73-,74-,75-,76-,77+,78-/m0/s1. The fourth-order valence-corrected chi connectivity index (χ4v) is 16.4. The van der Waals surface area contributed by atoms with Crippen LogP contribution in [0.4, 0.5) is 0 Å². The molecule has 6 aromatic carbocycles. The quantitative estimate of drug-likeness (QED) is 0.0396. The number of unbranched alkanes of at least 4 members (excludes halogenated alkanes) is 1. The zero-order valence-corrected chi connectivity index (χ0v) is 74.7. The first-order valence-corrected chi connectivity index (χ1v) is 44.1. The topological polar surface area (TPSA) is 509 Å². The van der Waals surface area contributed by atoms with Gasteiger partial charge in [0, 0.05) is 103 Å². The Morgan fingerprint density at radius 1 is 0.523 bits per heavy atom. The van der Waals surface area contributed by atoms with Gasteiger partial charge in [-0.3, -0.25) is 76.7 Å². The van der Waals surface area contributed by atoms with E-state index in [1.54, 1.807) is 135 Å². The van der Waals surface area contributed by atoms with E-state index in [1.807, 2.05) is 6.92 Å². The van der Waals surface area contributed by atoms with Crippen molar-refractivity contribution in [3.63, 3.8) is 0 Å². The molecule has 694 valence electrons. The number of phenols is 2. The Labute approximate surface area is 757 Å². The lowest BCUT2D eigenvalue weighted by molar-refractivity contribution is -0.152. The second kappa shape index (κ2) is 48.5. The second-order valence-electron chi connectivity index (χ2n) is 33.0. The molecule has 9 rings (SSSR count). The van der Waals surface area contributed by atoms with Crippen LogP contribution in [-0.4, -0.2) is 284 Å². The van der Waals surface area contributed by atoms with Gasteiger partial charge < -0.3 is 103 Å². The van der Waals surface area contributed by atoms with Gasteiger partial charge in [0.1, 0.15) is 90.6 Å². The van der Waals surface area contributed by atoms with Crippen molar-refractivity contribution in [3.8, 4) is 11.5 Å². The number of hydrogen-bond acceptors (Lipinski definition) is 21. The average Bonchev–Trinajstić information content (AvgIpc) is 1.58. The number of hydrogen-bond donors (Lipinski definition) is 14. The smallest absolute Gasteiger partial charge is 0.293 e. The lowest BCUT2D eigenvalue weighted by atomic mass is 9.99. The van der Waals surface area contributed by atoms with E-state index < -0.39 is 205 Å². The minimum absolute atomic E-state index is 0.00229. The van der Waals surface area contributed by atoms with Gasteiger partial charge in [-0.05, 0) is 89.4 Å². The highest BCUT2D eigenvalue weighted by Crippen LogP contribution is 2.27. The molecular weight excluding hydrogens is 1690 g/mol. The van der Waals surface area contributed by atoms with Gasteiger partial charge in [0.05, 0.1) is 24.9 Å². The van der Waals surface area contributed by atoms with E-state index in [-0.39, 0.29) is 81.7 Å². The number of carbonyl (C=O) groups excluding carboxylic acids is 16. The number of aliphatic hydroxyl groups is 1. The lowest BCUT2D eigenvalue weighted by Gasteiger charge is -2.38. The predicted molar refractivity (Wildman–Crippen MR) is 481 cm³/mol. The Bertz CT molecular complexity index is 5110. The van der Waals surface area contributed by atoms with Gasteiger partial charge in [0.2, 0.25) is 88.6 Å². The van der Waals surface area contributed by atoms with Gasteiger partial charge in [-0.15, -0.1) is 11.8 Å². The molecule has 7 aromatic rings. The van der Waals surface area contributed by atoms with Gasteiger partial charge >= 0.3 is 0 Å². The van der Waals surface area contributed by atoms with Crippen LogP contribution in [0.25, 0.3) is 10.9 Å². The van der Waals surface area contributed by atoms with Gasteiger partial charge in [0.25, 0.3) is 6.47 Å². The third kappa shape index (κ3) is 28.9. The number of aromatic nitrogens is 1. The van der Waals surface area contributed by atoms with E-state index in [0.29, 0.717) is 57.1 Å². The molecule has 15 N–H and O–H groups in total. The Morgan fingerprint density at radius 3 is 1.58 bits per heavy atom. The van der Waals surface area contributed by atoms with Crippen LogP contribution in [0, 0.1) is 5.92 Å². The summed E-state index contributed by atoms with van der Waals surface area (Å²) in [6, 6.07) is 25.7. The zero-order chi connectivity index (χ0) is 94.4. The molecular formula is C93H116N16O20S. The maximum Gasteiger partial charge on any atom is 0.293 e. The number of benzene rings is 6. The molecule has 1 aromatic heterocycles. The molecule has 37 heteroatoms. The van der Waals surface area contributed by atoms with E-state index >= 15 is 33.6 Å². The number of carbonyl (C=O) groups is 16. The number of ether oxygens (including phenoxy) is 1. The summed E-state index contributed by atoms with van der Waals surface area (Å²) in [5.74, 6) is -15.1. The highest BCUT2D eigenvalue weighted by molar-refractivity contribution is 8.00. The zero-order valence-electron chi connectivity index (χ0n) is 73.9. The number of amides is 15. The highest BCUT2D eigenvalue weighted by Gasteiger charge is 2.46. The SMILES string of the molecule is CCCC[C@H]1C(=O)N2C[C@@H](O)C[C@@H]2C(=O)N[C@@H](COC=O)C(=O)N[C@@H](C)C(=O)N(C)[C@@H](Cc2ccccc2)C(=O)N[C@@H](Cc2ccc(O)cc2)C(=O)N(C)CC(=O)N[C@@H](Cc2c[nH]c3ccccc23)C(=O)N[C@@H](Cc2ccc(O)cc2)C(=O)N[C@@H](CC(C)C)C(=O)N[C@H](C(=O)NCC(N)=O)CSCC(=O)N[C@@H](Cc2ccccc2)C(=O)N(C)[C@@H](Cc2ccccc2)C(=O)N1C. The highest BCUT2D eigenvalue weighted by atomic mass is 32.2. The van der Waals surface area contributed by atoms with E-state index in [1.165, 1.54) is 83.6 Å². The maximum atomic E-state index is 15.7. The normalized spacial score (nSPS) is 23.3. The first kappa shape index (κ1) is 100. The van der Waals surface area contributed by atoms with Crippen LogP contribution in [0.2, 0.25) is 0 Å². The van der Waals surface area contributed by atoms with Crippen molar-refractivity contribution in [2.75, 3.05) is 65.9 Å². The van der Waals surface area contributed by atoms with Gasteiger partial charge in [0.15, 0.2) is 0 Å². The third-order valence-corrected chi connectivity index (χ3v) is 23.6. The Kier molecular flexibility index (Phi) is 37.3. The van der Waals surface area contributed by atoms with Gasteiger partial charge in [-0.2, -0.15) is 0 Å². The molecule has 0 bridgehead atoms. The first-order valence-electron chi connectivity index (χ1n) is 43.0. The van der Waals surface area contributed by atoms with Crippen LogP contribution in [0.1, 0.15) is 93.2 Å². The summed E-state index contributed by atoms with van der Waals surface area (Å²) >= 11 is 0.825. The summed E-state index contributed by atoms with van der Waals surface area (Å²) in [5, 5.41) is 56.7. The van der Waals surface area contributed by atoms with Crippen molar-refractivity contribution < 1.29 is 96.8 Å². The van der Waals surface area contributed by atoms with Crippen LogP contribution < -0.4 is 53.6 Å². The lowest BCUT2D eigenvalue weighted by Crippen LogP contribution is -2.61. The summed E-state index contributed by atoms with van der Waals surface area (Å²) in [6.07, 6.45) is -0.712. The molecule has 2 fully saturated rings. The number of nitrogens with zero attached hydrogens (tertiary/aromatic N) is 5. The number of nitrogens with two attached hydrogens (primary N) is 1. The molecule has 2 aliphatic rings. The number of phenolic OH excluding ortho intramolecular Hbond substituents is 2. The number of thioether (sulfide) groups is 1. The first-order chi connectivity index (χ1) is 62.1. The molecule has 0 unspecified atom stereocenters. The number of aliphatic hydroxyl groups excluding tert-OH is 1. The van der Waals surface area contributed by atoms with Crippen molar-refractivity contribution in [2.24, 2.45) is 11.7 Å². The third-order valence-electron chi connectivity index (χ3n) is 22.6. The molecule has 130 heavy (non-hydrogen) atoms. The molecule has 15 amide bonds. The molecule has 0 radical (unpaired) electrons. The molecule has 0 saturated carbocycles. The maximum absolute atomic E-state index is 15.7. The number of rotatable bonds is 23. The largest absolute Gasteiger partial charge is 0.508 e. The van der Waals surface area contributed by atoms with Crippen molar-refractivity contribution in [1.29, 1.82) is 0 Å². The van der Waals surface area contributed by atoms with Crippen molar-refractivity contribution >= 4 is 118 Å². The van der Waals surface area contributed by atoms with E-state index in [0.717, 1.165) is 36.3 Å². The Hall–Kier alpha value is -13.7. The number of primary amides is 1. The Balaban J connectivity index is 1.11. The predicted octanol–water partition coefficient (Wildman–Crippen LogP) is 0.892.